The number of benzene rings is 1. The van der Waals surface area contributed by atoms with Crippen LogP contribution in [0.15, 0.2) is 22.7 Å². The maximum Gasteiger partial charge on any atom is 0.251 e. The molecule has 4 rings (SSSR count). The number of ether oxygens (including phenoxy) is 3. The summed E-state index contributed by atoms with van der Waals surface area (Å²) in [5.41, 5.74) is 2.30. The number of aryl methyl sites for hydroxylation is 2. The van der Waals surface area contributed by atoms with Crippen molar-refractivity contribution < 1.29 is 23.5 Å². The van der Waals surface area contributed by atoms with Crippen LogP contribution in [0.2, 0.25) is 0 Å². The van der Waals surface area contributed by atoms with E-state index >= 15 is 0 Å². The zero-order chi connectivity index (χ0) is 18.1. The van der Waals surface area contributed by atoms with E-state index in [0.29, 0.717) is 49.9 Å². The first-order valence-corrected chi connectivity index (χ1v) is 8.81. The molecule has 1 saturated heterocycles. The normalized spacial score (nSPS) is 21.6. The molecule has 0 spiro atoms. The largest absolute Gasteiger partial charge is 0.486 e. The van der Waals surface area contributed by atoms with E-state index in [1.807, 2.05) is 26.0 Å². The van der Waals surface area contributed by atoms with Gasteiger partial charge in [-0.3, -0.25) is 4.79 Å². The summed E-state index contributed by atoms with van der Waals surface area (Å²) >= 11 is 0. The van der Waals surface area contributed by atoms with Gasteiger partial charge in [0.2, 0.25) is 0 Å². The van der Waals surface area contributed by atoms with E-state index in [0.717, 1.165) is 17.0 Å². The fourth-order valence-corrected chi connectivity index (χ4v) is 3.41. The van der Waals surface area contributed by atoms with Gasteiger partial charge in [-0.25, -0.2) is 0 Å². The van der Waals surface area contributed by atoms with E-state index in [2.05, 4.69) is 10.5 Å². The van der Waals surface area contributed by atoms with Gasteiger partial charge in [0.15, 0.2) is 11.5 Å². The maximum atomic E-state index is 12.8. The molecule has 0 radical (unpaired) electrons. The molecule has 0 saturated carbocycles. The number of nitrogens with zero attached hydrogens (tertiary/aromatic N) is 1. The molecule has 0 bridgehead atoms. The van der Waals surface area contributed by atoms with Crippen molar-refractivity contribution in [2.45, 2.75) is 26.3 Å². The molecular weight excluding hydrogens is 336 g/mol. The number of nitrogens with one attached hydrogen (secondary N) is 1. The third-order valence-electron chi connectivity index (χ3n) is 4.79. The van der Waals surface area contributed by atoms with Crippen LogP contribution < -0.4 is 14.8 Å². The Morgan fingerprint density at radius 2 is 1.92 bits per heavy atom. The fourth-order valence-electron chi connectivity index (χ4n) is 3.41. The van der Waals surface area contributed by atoms with Gasteiger partial charge in [0.05, 0.1) is 24.9 Å². The molecule has 2 aliphatic heterocycles. The second kappa shape index (κ2) is 6.99. The molecule has 138 valence electrons. The van der Waals surface area contributed by atoms with Crippen molar-refractivity contribution in [1.29, 1.82) is 0 Å². The van der Waals surface area contributed by atoms with Crippen molar-refractivity contribution in [3.05, 3.63) is 40.8 Å². The first-order valence-electron chi connectivity index (χ1n) is 8.81. The molecule has 1 aromatic carbocycles. The average molecular weight is 358 g/mol. The zero-order valence-corrected chi connectivity index (χ0v) is 14.9. The lowest BCUT2D eigenvalue weighted by Crippen LogP contribution is -2.40. The highest BCUT2D eigenvalue weighted by molar-refractivity contribution is 5.96. The van der Waals surface area contributed by atoms with Crippen LogP contribution in [0.4, 0.5) is 0 Å². The smallest absolute Gasteiger partial charge is 0.251 e. The van der Waals surface area contributed by atoms with Gasteiger partial charge < -0.3 is 24.1 Å². The molecule has 0 aliphatic carbocycles. The second-order valence-corrected chi connectivity index (χ2v) is 6.83. The molecule has 1 amide bonds. The topological polar surface area (TPSA) is 82.8 Å². The Morgan fingerprint density at radius 1 is 1.15 bits per heavy atom. The molecule has 1 aromatic heterocycles. The van der Waals surface area contributed by atoms with Crippen LogP contribution in [0.3, 0.4) is 0 Å². The standard InChI is InChI=1S/C19H22N2O5/c1-11-5-17-18(25-4-3-24-17)8-15(11)19(22)20-16-10-23-9-13(16)7-14-6-12(2)21-26-14/h5-6,8,13,16H,3-4,7,9-10H2,1-2H3,(H,20,22)/t13-,16+/m0/s1. The number of fused-ring (bicyclic) bond motifs is 1. The van der Waals surface area contributed by atoms with Crippen LogP contribution in [-0.4, -0.2) is 43.5 Å². The van der Waals surface area contributed by atoms with Gasteiger partial charge in [0.1, 0.15) is 19.0 Å². The van der Waals surface area contributed by atoms with E-state index < -0.39 is 0 Å². The Hall–Kier alpha value is -2.54. The summed E-state index contributed by atoms with van der Waals surface area (Å²) < 4.78 is 22.0. The Morgan fingerprint density at radius 3 is 2.65 bits per heavy atom. The molecule has 26 heavy (non-hydrogen) atoms. The number of hydrogen-bond donors (Lipinski definition) is 1. The van der Waals surface area contributed by atoms with E-state index in [1.54, 1.807) is 6.07 Å². The minimum atomic E-state index is -0.131. The van der Waals surface area contributed by atoms with Crippen LogP contribution in [-0.2, 0) is 11.2 Å². The number of aromatic nitrogens is 1. The number of carbonyl (C=O) groups is 1. The minimum Gasteiger partial charge on any atom is -0.486 e. The summed E-state index contributed by atoms with van der Waals surface area (Å²) in [5, 5.41) is 7.01. The van der Waals surface area contributed by atoms with Crippen molar-refractivity contribution in [2.24, 2.45) is 5.92 Å². The molecule has 7 nitrogen and oxygen atoms in total. The number of hydrogen-bond acceptors (Lipinski definition) is 6. The molecule has 2 aliphatic rings. The molecule has 3 heterocycles. The predicted molar refractivity (Wildman–Crippen MR) is 92.7 cm³/mol. The monoisotopic (exact) mass is 358 g/mol. The van der Waals surface area contributed by atoms with Crippen molar-refractivity contribution >= 4 is 5.91 Å². The Bertz CT molecular complexity index is 816. The Kier molecular flexibility index (Phi) is 4.55. The van der Waals surface area contributed by atoms with Crippen LogP contribution in [0.5, 0.6) is 11.5 Å². The lowest BCUT2D eigenvalue weighted by molar-refractivity contribution is 0.0922. The molecule has 2 atom stereocenters. The first kappa shape index (κ1) is 16.9. The number of rotatable bonds is 4. The van der Waals surface area contributed by atoms with E-state index in [-0.39, 0.29) is 17.9 Å². The molecule has 7 heteroatoms. The highest BCUT2D eigenvalue weighted by atomic mass is 16.6. The molecule has 0 unspecified atom stereocenters. The van der Waals surface area contributed by atoms with Gasteiger partial charge in [0.25, 0.3) is 5.91 Å². The van der Waals surface area contributed by atoms with E-state index in [1.165, 1.54) is 0 Å². The summed E-state index contributed by atoms with van der Waals surface area (Å²) in [7, 11) is 0. The van der Waals surface area contributed by atoms with Crippen molar-refractivity contribution in [3.8, 4) is 11.5 Å². The lowest BCUT2D eigenvalue weighted by Gasteiger charge is -2.22. The first-order chi connectivity index (χ1) is 12.6. The highest BCUT2D eigenvalue weighted by Gasteiger charge is 2.31. The predicted octanol–water partition coefficient (Wildman–Crippen LogP) is 2.05. The van der Waals surface area contributed by atoms with Gasteiger partial charge in [-0.1, -0.05) is 5.16 Å². The Balaban J connectivity index is 1.47. The summed E-state index contributed by atoms with van der Waals surface area (Å²) in [4.78, 5) is 12.8. The molecule has 1 fully saturated rings. The molecule has 1 N–H and O–H groups in total. The van der Waals surface area contributed by atoms with E-state index in [4.69, 9.17) is 18.7 Å². The summed E-state index contributed by atoms with van der Waals surface area (Å²) in [6.45, 7) is 5.89. The fraction of sp³-hybridized carbons (Fsp3) is 0.474. The molecule has 2 aromatic rings. The van der Waals surface area contributed by atoms with Crippen LogP contribution in [0, 0.1) is 19.8 Å². The quantitative estimate of drug-likeness (QED) is 0.901. The number of carbonyl (C=O) groups excluding carboxylic acids is 1. The maximum absolute atomic E-state index is 12.8. The van der Waals surface area contributed by atoms with E-state index in [9.17, 15) is 4.79 Å². The third-order valence-corrected chi connectivity index (χ3v) is 4.79. The van der Waals surface area contributed by atoms with Gasteiger partial charge in [-0.2, -0.15) is 0 Å². The van der Waals surface area contributed by atoms with Gasteiger partial charge in [-0.05, 0) is 31.5 Å². The third kappa shape index (κ3) is 3.39. The SMILES string of the molecule is Cc1cc(C[C@H]2COC[C@H]2NC(=O)c2cc3c(cc2C)OCCO3)on1. The van der Waals surface area contributed by atoms with Crippen LogP contribution in [0.1, 0.15) is 27.4 Å². The van der Waals surface area contributed by atoms with Gasteiger partial charge >= 0.3 is 0 Å². The highest BCUT2D eigenvalue weighted by Crippen LogP contribution is 2.33. The second-order valence-electron chi connectivity index (χ2n) is 6.83. The molecular formula is C19H22N2O5. The summed E-state index contributed by atoms with van der Waals surface area (Å²) in [6, 6.07) is 5.45. The van der Waals surface area contributed by atoms with Crippen molar-refractivity contribution in [2.75, 3.05) is 26.4 Å². The minimum absolute atomic E-state index is 0.0690. The lowest BCUT2D eigenvalue weighted by atomic mass is 9.97. The number of amides is 1. The van der Waals surface area contributed by atoms with Gasteiger partial charge in [0, 0.05) is 24.0 Å². The van der Waals surface area contributed by atoms with Crippen molar-refractivity contribution in [3.63, 3.8) is 0 Å². The van der Waals surface area contributed by atoms with Crippen molar-refractivity contribution in [1.82, 2.24) is 10.5 Å². The summed E-state index contributed by atoms with van der Waals surface area (Å²) in [6.07, 6.45) is 0.686. The van der Waals surface area contributed by atoms with Gasteiger partial charge in [-0.15, -0.1) is 0 Å². The van der Waals surface area contributed by atoms with Crippen LogP contribution in [0.25, 0.3) is 0 Å². The Labute approximate surface area is 151 Å². The zero-order valence-electron chi connectivity index (χ0n) is 14.9. The average Bonchev–Trinajstić information content (AvgIpc) is 3.23. The van der Waals surface area contributed by atoms with Crippen LogP contribution >= 0.6 is 0 Å². The summed E-state index contributed by atoms with van der Waals surface area (Å²) in [5.74, 6) is 2.14.